The van der Waals surface area contributed by atoms with E-state index < -0.39 is 4.92 Å². The van der Waals surface area contributed by atoms with Gasteiger partial charge in [0.1, 0.15) is 5.75 Å². The third-order valence-corrected chi connectivity index (χ3v) is 5.89. The normalized spacial score (nSPS) is 10.7. The molecule has 182 valence electrons. The van der Waals surface area contributed by atoms with E-state index in [9.17, 15) is 19.7 Å². The number of nitro groups is 1. The number of nitro benzene ring substituents is 1. The van der Waals surface area contributed by atoms with Crippen LogP contribution < -0.4 is 4.74 Å². The van der Waals surface area contributed by atoms with Crippen LogP contribution in [0.4, 0.5) is 5.69 Å². The predicted molar refractivity (Wildman–Crippen MR) is 135 cm³/mol. The lowest BCUT2D eigenvalue weighted by Gasteiger charge is -2.29. The largest absolute Gasteiger partial charge is 0.494 e. The molecule has 0 N–H and O–H groups in total. The number of aldehydes is 1. The van der Waals surface area contributed by atoms with Gasteiger partial charge in [0.05, 0.1) is 23.1 Å². The highest BCUT2D eigenvalue weighted by Gasteiger charge is 2.22. The van der Waals surface area contributed by atoms with Crippen LogP contribution in [0.25, 0.3) is 0 Å². The molecule has 0 fully saturated rings. The summed E-state index contributed by atoms with van der Waals surface area (Å²) in [5, 5.41) is 10.9. The first-order valence-electron chi connectivity index (χ1n) is 11.7. The van der Waals surface area contributed by atoms with E-state index in [1.807, 2.05) is 72.6 Å². The van der Waals surface area contributed by atoms with Gasteiger partial charge < -0.3 is 9.64 Å². The summed E-state index contributed by atoms with van der Waals surface area (Å²) >= 11 is 0. The second kappa shape index (κ2) is 13.0. The highest BCUT2D eigenvalue weighted by atomic mass is 16.6. The molecule has 7 nitrogen and oxygen atoms in total. The Kier molecular flexibility index (Phi) is 9.54. The van der Waals surface area contributed by atoms with Gasteiger partial charge in [-0.05, 0) is 36.1 Å². The van der Waals surface area contributed by atoms with Crippen molar-refractivity contribution in [3.63, 3.8) is 0 Å². The van der Waals surface area contributed by atoms with E-state index in [0.29, 0.717) is 25.1 Å². The van der Waals surface area contributed by atoms with Crippen molar-refractivity contribution in [2.24, 2.45) is 0 Å². The number of amides is 1. The lowest BCUT2D eigenvalue weighted by atomic mass is 9.97. The summed E-state index contributed by atoms with van der Waals surface area (Å²) in [5.74, 6) is 0.536. The standard InChI is InChI=1S/C28H30N2O5/c1-29(28(22-12-6-4-7-13-22)23-14-8-5-9-15-23)27(32)16-10-2-3-11-19-35-25-17-18-26(30(33)34)24(20-25)21-31/h4-9,12-15,17-18,20-21,28H,2-3,10-11,16,19H2,1H3. The summed E-state index contributed by atoms with van der Waals surface area (Å²) in [6.45, 7) is 0.439. The van der Waals surface area contributed by atoms with Gasteiger partial charge in [-0.1, -0.05) is 73.5 Å². The molecule has 1 amide bonds. The van der Waals surface area contributed by atoms with Crippen LogP contribution in [0.15, 0.2) is 78.9 Å². The van der Waals surface area contributed by atoms with Gasteiger partial charge in [0, 0.05) is 19.5 Å². The van der Waals surface area contributed by atoms with Crippen molar-refractivity contribution in [1.29, 1.82) is 0 Å². The summed E-state index contributed by atoms with van der Waals surface area (Å²) in [7, 11) is 1.86. The number of benzene rings is 3. The van der Waals surface area contributed by atoms with Crippen LogP contribution in [0.3, 0.4) is 0 Å². The fourth-order valence-corrected chi connectivity index (χ4v) is 4.04. The van der Waals surface area contributed by atoms with Gasteiger partial charge in [-0.15, -0.1) is 0 Å². The van der Waals surface area contributed by atoms with Crippen LogP contribution in [0, 0.1) is 10.1 Å². The molecule has 3 aromatic rings. The van der Waals surface area contributed by atoms with Crippen LogP contribution in [-0.2, 0) is 4.79 Å². The van der Waals surface area contributed by atoms with Crippen LogP contribution in [-0.4, -0.2) is 35.7 Å². The number of hydrogen-bond donors (Lipinski definition) is 0. The Balaban J connectivity index is 1.43. The molecular formula is C28H30N2O5. The number of carbonyl (C=O) groups is 2. The van der Waals surface area contributed by atoms with Gasteiger partial charge >= 0.3 is 0 Å². The lowest BCUT2D eigenvalue weighted by Crippen LogP contribution is -2.31. The topological polar surface area (TPSA) is 89.8 Å². The Labute approximate surface area is 205 Å². The van der Waals surface area contributed by atoms with E-state index in [-0.39, 0.29) is 23.2 Å². The zero-order valence-electron chi connectivity index (χ0n) is 19.8. The molecule has 0 aliphatic heterocycles. The minimum atomic E-state index is -0.589. The highest BCUT2D eigenvalue weighted by Crippen LogP contribution is 2.28. The summed E-state index contributed by atoms with van der Waals surface area (Å²) in [5.41, 5.74) is 1.93. The molecule has 0 radical (unpaired) electrons. The van der Waals surface area contributed by atoms with Crippen molar-refractivity contribution in [3.8, 4) is 5.75 Å². The van der Waals surface area contributed by atoms with Gasteiger partial charge in [-0.25, -0.2) is 0 Å². The van der Waals surface area contributed by atoms with E-state index in [0.717, 1.165) is 36.8 Å². The molecule has 3 aromatic carbocycles. The average Bonchev–Trinajstić information content (AvgIpc) is 2.89. The molecule has 0 bridgehead atoms. The maximum atomic E-state index is 13.0. The molecular weight excluding hydrogens is 444 g/mol. The van der Waals surface area contributed by atoms with Crippen LogP contribution in [0.1, 0.15) is 59.6 Å². The van der Waals surface area contributed by atoms with Gasteiger partial charge in [0.25, 0.3) is 5.69 Å². The van der Waals surface area contributed by atoms with E-state index in [4.69, 9.17) is 4.74 Å². The Morgan fingerprint density at radius 3 is 2.11 bits per heavy atom. The molecule has 7 heteroatoms. The van der Waals surface area contributed by atoms with Crippen LogP contribution >= 0.6 is 0 Å². The van der Waals surface area contributed by atoms with Crippen molar-refractivity contribution in [1.82, 2.24) is 4.90 Å². The van der Waals surface area contributed by atoms with Crippen molar-refractivity contribution in [3.05, 3.63) is 106 Å². The summed E-state index contributed by atoms with van der Waals surface area (Å²) in [4.78, 5) is 36.2. The quantitative estimate of drug-likeness (QED) is 0.131. The molecule has 0 saturated heterocycles. The van der Waals surface area contributed by atoms with Crippen LogP contribution in [0.2, 0.25) is 0 Å². The zero-order valence-corrected chi connectivity index (χ0v) is 19.8. The zero-order chi connectivity index (χ0) is 25.0. The molecule has 0 heterocycles. The molecule has 35 heavy (non-hydrogen) atoms. The maximum absolute atomic E-state index is 13.0. The SMILES string of the molecule is CN(C(=O)CCCCCCOc1ccc([N+](=O)[O-])c(C=O)c1)C(c1ccccc1)c1ccccc1. The molecule has 0 unspecified atom stereocenters. The molecule has 0 aromatic heterocycles. The summed E-state index contributed by atoms with van der Waals surface area (Å²) in [6, 6.07) is 24.1. The smallest absolute Gasteiger partial charge is 0.280 e. The maximum Gasteiger partial charge on any atom is 0.280 e. The third-order valence-electron chi connectivity index (χ3n) is 5.89. The number of unbranched alkanes of at least 4 members (excludes halogenated alkanes) is 3. The van der Waals surface area contributed by atoms with Crippen molar-refractivity contribution >= 4 is 17.9 Å². The van der Waals surface area contributed by atoms with Gasteiger partial charge in [-0.3, -0.25) is 19.7 Å². The molecule has 0 saturated carbocycles. The number of carbonyl (C=O) groups excluding carboxylic acids is 2. The number of nitrogens with zero attached hydrogens (tertiary/aromatic N) is 2. The van der Waals surface area contributed by atoms with Crippen molar-refractivity contribution in [2.45, 2.75) is 38.1 Å². The van der Waals surface area contributed by atoms with E-state index in [1.54, 1.807) is 0 Å². The number of rotatable bonds is 13. The number of ether oxygens (including phenoxy) is 1. The summed E-state index contributed by atoms with van der Waals surface area (Å²) < 4.78 is 5.62. The Bertz CT molecular complexity index is 1080. The second-order valence-electron chi connectivity index (χ2n) is 8.34. The van der Waals surface area contributed by atoms with Crippen molar-refractivity contribution in [2.75, 3.05) is 13.7 Å². The lowest BCUT2D eigenvalue weighted by molar-refractivity contribution is -0.385. The Morgan fingerprint density at radius 2 is 1.54 bits per heavy atom. The van der Waals surface area contributed by atoms with Gasteiger partial charge in [0.15, 0.2) is 6.29 Å². The monoisotopic (exact) mass is 474 g/mol. The fourth-order valence-electron chi connectivity index (χ4n) is 4.04. The van der Waals surface area contributed by atoms with Gasteiger partial charge in [0.2, 0.25) is 5.91 Å². The minimum Gasteiger partial charge on any atom is -0.494 e. The van der Waals surface area contributed by atoms with Gasteiger partial charge in [-0.2, -0.15) is 0 Å². The molecule has 3 rings (SSSR count). The number of hydrogen-bond acceptors (Lipinski definition) is 5. The first kappa shape index (κ1) is 25.6. The van der Waals surface area contributed by atoms with Crippen molar-refractivity contribution < 1.29 is 19.2 Å². The highest BCUT2D eigenvalue weighted by molar-refractivity contribution is 5.82. The Morgan fingerprint density at radius 1 is 0.943 bits per heavy atom. The minimum absolute atomic E-state index is 0.000517. The Hall–Kier alpha value is -4.00. The molecule has 0 aliphatic carbocycles. The second-order valence-corrected chi connectivity index (χ2v) is 8.34. The fraction of sp³-hybridized carbons (Fsp3) is 0.286. The third kappa shape index (κ3) is 7.24. The predicted octanol–water partition coefficient (Wildman–Crippen LogP) is 5.98. The van der Waals surface area contributed by atoms with E-state index >= 15 is 0 Å². The van der Waals surface area contributed by atoms with E-state index in [1.165, 1.54) is 18.2 Å². The molecule has 0 atom stereocenters. The average molecular weight is 475 g/mol. The molecule has 0 spiro atoms. The first-order valence-corrected chi connectivity index (χ1v) is 11.7. The first-order chi connectivity index (χ1) is 17.0. The molecule has 0 aliphatic rings. The van der Waals surface area contributed by atoms with Crippen LogP contribution in [0.5, 0.6) is 5.75 Å². The van der Waals surface area contributed by atoms with E-state index in [2.05, 4.69) is 0 Å². The summed E-state index contributed by atoms with van der Waals surface area (Å²) in [6.07, 6.45) is 4.29.